The van der Waals surface area contributed by atoms with Crippen molar-refractivity contribution in [2.45, 2.75) is 46.2 Å². The summed E-state index contributed by atoms with van der Waals surface area (Å²) in [5, 5.41) is 9.20. The van der Waals surface area contributed by atoms with Crippen molar-refractivity contribution in [2.75, 3.05) is 4.90 Å². The number of aromatic nitrogens is 4. The molecule has 0 unspecified atom stereocenters. The maximum atomic E-state index is 13.4. The van der Waals surface area contributed by atoms with Gasteiger partial charge in [0.2, 0.25) is 0 Å². The highest BCUT2D eigenvalue weighted by Crippen LogP contribution is 2.37. The number of hydrogen-bond donors (Lipinski definition) is 0. The van der Waals surface area contributed by atoms with E-state index in [9.17, 15) is 9.59 Å². The summed E-state index contributed by atoms with van der Waals surface area (Å²) in [5.74, 6) is 0.208. The molecule has 0 spiro atoms. The SMILES string of the molecule is CC(=O)c1sc(N(C(=O)c2noc(C)c2Cn2cc(Cl)cn2)C2CC2)nc1C. The number of carbonyl (C=O) groups is 2. The van der Waals surface area contributed by atoms with Gasteiger partial charge in [-0.25, -0.2) is 4.98 Å². The van der Waals surface area contributed by atoms with Gasteiger partial charge < -0.3 is 4.52 Å². The van der Waals surface area contributed by atoms with Gasteiger partial charge in [0.1, 0.15) is 5.76 Å². The molecule has 0 N–H and O–H groups in total. The van der Waals surface area contributed by atoms with Crippen LogP contribution in [0.15, 0.2) is 16.9 Å². The third-order valence-electron chi connectivity index (χ3n) is 4.55. The highest BCUT2D eigenvalue weighted by atomic mass is 35.5. The number of anilines is 1. The molecule has 4 rings (SSSR count). The van der Waals surface area contributed by atoms with E-state index >= 15 is 0 Å². The Balaban J connectivity index is 1.69. The molecule has 3 aromatic heterocycles. The zero-order valence-corrected chi connectivity index (χ0v) is 17.2. The molecule has 0 radical (unpaired) electrons. The number of halogens is 1. The smallest absolute Gasteiger partial charge is 0.282 e. The van der Waals surface area contributed by atoms with Crippen molar-refractivity contribution >= 4 is 39.8 Å². The normalized spacial score (nSPS) is 13.7. The number of amides is 1. The summed E-state index contributed by atoms with van der Waals surface area (Å²) in [6, 6.07) is 0.0573. The van der Waals surface area contributed by atoms with Crippen molar-refractivity contribution in [1.29, 1.82) is 0 Å². The molecule has 146 valence electrons. The van der Waals surface area contributed by atoms with E-state index < -0.39 is 0 Å². The fraction of sp³-hybridized carbons (Fsp3) is 0.389. The Hall–Kier alpha value is -2.52. The highest BCUT2D eigenvalue weighted by Gasteiger charge is 2.39. The third-order valence-corrected chi connectivity index (χ3v) is 6.00. The standard InChI is InChI=1S/C18H18ClN5O3S/c1-9-16(10(2)25)28-18(21-9)24(13-4-5-13)17(26)15-14(11(3)27-22-15)8-23-7-12(19)6-20-23/h6-7,13H,4-5,8H2,1-3H3. The van der Waals surface area contributed by atoms with Crippen LogP contribution in [0.25, 0.3) is 0 Å². The fourth-order valence-electron chi connectivity index (χ4n) is 3.00. The Morgan fingerprint density at radius 1 is 1.39 bits per heavy atom. The zero-order chi connectivity index (χ0) is 20.0. The van der Waals surface area contributed by atoms with Crippen LogP contribution in [-0.4, -0.2) is 37.7 Å². The van der Waals surface area contributed by atoms with Crippen LogP contribution in [0.1, 0.15) is 56.9 Å². The summed E-state index contributed by atoms with van der Waals surface area (Å²) < 4.78 is 6.93. The molecule has 3 heterocycles. The molecule has 1 amide bonds. The quantitative estimate of drug-likeness (QED) is 0.566. The van der Waals surface area contributed by atoms with Crippen LogP contribution in [-0.2, 0) is 6.54 Å². The number of ketones is 1. The number of nitrogens with zero attached hydrogens (tertiary/aromatic N) is 5. The number of hydrogen-bond acceptors (Lipinski definition) is 7. The summed E-state index contributed by atoms with van der Waals surface area (Å²) in [5.41, 5.74) is 1.51. The van der Waals surface area contributed by atoms with Gasteiger partial charge in [-0.15, -0.1) is 0 Å². The summed E-state index contributed by atoms with van der Waals surface area (Å²) in [7, 11) is 0. The molecule has 0 aromatic carbocycles. The van der Waals surface area contributed by atoms with Gasteiger partial charge in [0.15, 0.2) is 16.6 Å². The van der Waals surface area contributed by atoms with Crippen molar-refractivity contribution in [1.82, 2.24) is 19.9 Å². The lowest BCUT2D eigenvalue weighted by Gasteiger charge is -2.18. The molecule has 1 aliphatic rings. The average Bonchev–Trinajstić information content (AvgIpc) is 3.10. The van der Waals surface area contributed by atoms with Gasteiger partial charge in [-0.1, -0.05) is 28.1 Å². The predicted molar refractivity (Wildman–Crippen MR) is 104 cm³/mol. The molecule has 1 aliphatic carbocycles. The third kappa shape index (κ3) is 3.47. The Morgan fingerprint density at radius 2 is 2.14 bits per heavy atom. The van der Waals surface area contributed by atoms with E-state index in [1.807, 2.05) is 0 Å². The summed E-state index contributed by atoms with van der Waals surface area (Å²) >= 11 is 7.17. The van der Waals surface area contributed by atoms with E-state index in [-0.39, 0.29) is 23.4 Å². The van der Waals surface area contributed by atoms with Crippen LogP contribution in [0.3, 0.4) is 0 Å². The molecule has 0 atom stereocenters. The van der Waals surface area contributed by atoms with E-state index in [2.05, 4.69) is 15.2 Å². The molecule has 0 aliphatic heterocycles. The number of thiazole rings is 1. The molecule has 1 saturated carbocycles. The number of carbonyl (C=O) groups excluding carboxylic acids is 2. The Labute approximate surface area is 170 Å². The Bertz CT molecular complexity index is 1070. The van der Waals surface area contributed by atoms with E-state index in [1.54, 1.807) is 29.6 Å². The van der Waals surface area contributed by atoms with Crippen LogP contribution in [0, 0.1) is 13.8 Å². The van der Waals surface area contributed by atoms with Crippen molar-refractivity contribution < 1.29 is 14.1 Å². The second-order valence-corrected chi connectivity index (χ2v) is 8.21. The summed E-state index contributed by atoms with van der Waals surface area (Å²) in [4.78, 5) is 31.9. The molecule has 10 heteroatoms. The van der Waals surface area contributed by atoms with Gasteiger partial charge in [-0.3, -0.25) is 19.2 Å². The lowest BCUT2D eigenvalue weighted by molar-refractivity contribution is 0.0974. The summed E-state index contributed by atoms with van der Waals surface area (Å²) in [6.07, 6.45) is 4.98. The molecule has 28 heavy (non-hydrogen) atoms. The van der Waals surface area contributed by atoms with Crippen molar-refractivity contribution in [2.24, 2.45) is 0 Å². The summed E-state index contributed by atoms with van der Waals surface area (Å²) in [6.45, 7) is 5.35. The minimum atomic E-state index is -0.281. The molecular formula is C18H18ClN5O3S. The van der Waals surface area contributed by atoms with Crippen molar-refractivity contribution in [3.8, 4) is 0 Å². The first-order valence-corrected chi connectivity index (χ1v) is 9.99. The molecule has 8 nitrogen and oxygen atoms in total. The maximum absolute atomic E-state index is 13.4. The minimum Gasteiger partial charge on any atom is -0.361 e. The van der Waals surface area contributed by atoms with Gasteiger partial charge >= 0.3 is 0 Å². The average molecular weight is 420 g/mol. The molecule has 0 saturated heterocycles. The molecule has 0 bridgehead atoms. The second kappa shape index (κ2) is 7.14. The number of aryl methyl sites for hydroxylation is 2. The monoisotopic (exact) mass is 419 g/mol. The fourth-order valence-corrected chi connectivity index (χ4v) is 4.19. The van der Waals surface area contributed by atoms with E-state index in [1.165, 1.54) is 24.5 Å². The highest BCUT2D eigenvalue weighted by molar-refractivity contribution is 7.17. The van der Waals surface area contributed by atoms with E-state index in [4.69, 9.17) is 16.1 Å². The van der Waals surface area contributed by atoms with Crippen LogP contribution in [0.5, 0.6) is 0 Å². The van der Waals surface area contributed by atoms with Crippen molar-refractivity contribution in [3.05, 3.63) is 45.0 Å². The van der Waals surface area contributed by atoms with Gasteiger partial charge in [0.25, 0.3) is 5.91 Å². The minimum absolute atomic E-state index is 0.0573. The largest absolute Gasteiger partial charge is 0.361 e. The molecule has 3 aromatic rings. The van der Waals surface area contributed by atoms with Crippen LogP contribution >= 0.6 is 22.9 Å². The first-order valence-electron chi connectivity index (χ1n) is 8.80. The molecule has 1 fully saturated rings. The van der Waals surface area contributed by atoms with Crippen LogP contribution in [0.4, 0.5) is 5.13 Å². The topological polar surface area (TPSA) is 94.1 Å². The first kappa shape index (κ1) is 18.8. The van der Waals surface area contributed by atoms with Gasteiger partial charge in [-0.2, -0.15) is 5.10 Å². The predicted octanol–water partition coefficient (Wildman–Crippen LogP) is 3.66. The lowest BCUT2D eigenvalue weighted by Crippen LogP contribution is -2.34. The first-order chi connectivity index (χ1) is 13.3. The van der Waals surface area contributed by atoms with Gasteiger partial charge in [-0.05, 0) is 26.7 Å². The van der Waals surface area contributed by atoms with Gasteiger partial charge in [0.05, 0.1) is 28.3 Å². The second-order valence-electron chi connectivity index (χ2n) is 6.80. The van der Waals surface area contributed by atoms with Crippen molar-refractivity contribution in [3.63, 3.8) is 0 Å². The van der Waals surface area contributed by atoms with E-state index in [0.717, 1.165) is 12.8 Å². The maximum Gasteiger partial charge on any atom is 0.282 e. The number of rotatable bonds is 6. The Morgan fingerprint density at radius 3 is 2.71 bits per heavy atom. The Kier molecular flexibility index (Phi) is 4.80. The van der Waals surface area contributed by atoms with Crippen LogP contribution < -0.4 is 4.90 Å². The van der Waals surface area contributed by atoms with Gasteiger partial charge in [0, 0.05) is 24.7 Å². The molecular weight excluding hydrogens is 402 g/mol. The number of Topliss-reactive ketones (excluding diaryl/α,β-unsaturated/α-hetero) is 1. The van der Waals surface area contributed by atoms with E-state index in [0.29, 0.717) is 38.6 Å². The van der Waals surface area contributed by atoms with Crippen LogP contribution in [0.2, 0.25) is 5.02 Å². The lowest BCUT2D eigenvalue weighted by atomic mass is 10.1. The zero-order valence-electron chi connectivity index (χ0n) is 15.6.